The zero-order chi connectivity index (χ0) is 20.6. The van der Waals surface area contributed by atoms with Crippen LogP contribution in [-0.4, -0.2) is 18.4 Å². The molecule has 148 valence electrons. The van der Waals surface area contributed by atoms with Gasteiger partial charge in [0.1, 0.15) is 5.75 Å². The SMILES string of the molecule is CC(=O)Nc1ccc(Cl)c(NC(=O)CCOc2ccccc2-c2ccccc2)c1. The number of benzene rings is 3. The van der Waals surface area contributed by atoms with Gasteiger partial charge in [0.15, 0.2) is 0 Å². The number of anilines is 2. The topological polar surface area (TPSA) is 67.4 Å². The first kappa shape index (κ1) is 20.4. The molecule has 0 aliphatic carbocycles. The number of carbonyl (C=O) groups is 2. The van der Waals surface area contributed by atoms with Crippen molar-refractivity contribution in [2.45, 2.75) is 13.3 Å². The maximum atomic E-state index is 12.3. The monoisotopic (exact) mass is 408 g/mol. The van der Waals surface area contributed by atoms with Gasteiger partial charge in [-0.25, -0.2) is 0 Å². The Hall–Kier alpha value is -3.31. The van der Waals surface area contributed by atoms with Crippen LogP contribution in [0.5, 0.6) is 5.75 Å². The summed E-state index contributed by atoms with van der Waals surface area (Å²) in [5.74, 6) is 0.288. The Morgan fingerprint density at radius 3 is 2.41 bits per heavy atom. The summed E-state index contributed by atoms with van der Waals surface area (Å²) in [5, 5.41) is 5.80. The molecule has 5 nitrogen and oxygen atoms in total. The molecule has 3 aromatic carbocycles. The predicted octanol–water partition coefficient (Wildman–Crippen LogP) is 5.37. The number of amides is 2. The van der Waals surface area contributed by atoms with Crippen molar-refractivity contribution in [2.75, 3.05) is 17.2 Å². The fourth-order valence-corrected chi connectivity index (χ4v) is 2.98. The first-order valence-corrected chi connectivity index (χ1v) is 9.55. The third kappa shape index (κ3) is 5.83. The molecule has 0 radical (unpaired) electrons. The van der Waals surface area contributed by atoms with E-state index in [4.69, 9.17) is 16.3 Å². The molecule has 0 saturated carbocycles. The molecule has 0 atom stereocenters. The molecule has 0 aliphatic rings. The van der Waals surface area contributed by atoms with Gasteiger partial charge in [-0.1, -0.05) is 60.1 Å². The second kappa shape index (κ2) is 9.75. The van der Waals surface area contributed by atoms with Gasteiger partial charge in [-0.3, -0.25) is 9.59 Å². The molecule has 3 aromatic rings. The molecule has 0 unspecified atom stereocenters. The minimum Gasteiger partial charge on any atom is -0.492 e. The Bertz CT molecular complexity index is 1010. The number of nitrogens with one attached hydrogen (secondary N) is 2. The van der Waals surface area contributed by atoms with Crippen molar-refractivity contribution < 1.29 is 14.3 Å². The molecule has 0 aromatic heterocycles. The van der Waals surface area contributed by atoms with Crippen molar-refractivity contribution in [3.8, 4) is 16.9 Å². The minimum atomic E-state index is -0.232. The molecule has 0 heterocycles. The van der Waals surface area contributed by atoms with E-state index >= 15 is 0 Å². The molecule has 0 fully saturated rings. The highest BCUT2D eigenvalue weighted by Crippen LogP contribution is 2.30. The van der Waals surface area contributed by atoms with Gasteiger partial charge in [0.05, 0.1) is 23.7 Å². The molecule has 0 saturated heterocycles. The lowest BCUT2D eigenvalue weighted by atomic mass is 10.1. The van der Waals surface area contributed by atoms with Crippen LogP contribution in [0.15, 0.2) is 72.8 Å². The highest BCUT2D eigenvalue weighted by atomic mass is 35.5. The van der Waals surface area contributed by atoms with Crippen LogP contribution in [-0.2, 0) is 9.59 Å². The number of hydrogen-bond donors (Lipinski definition) is 2. The predicted molar refractivity (Wildman–Crippen MR) is 116 cm³/mol. The quantitative estimate of drug-likeness (QED) is 0.552. The van der Waals surface area contributed by atoms with Crippen LogP contribution in [0.2, 0.25) is 5.02 Å². The fraction of sp³-hybridized carbons (Fsp3) is 0.130. The maximum Gasteiger partial charge on any atom is 0.227 e. The molecule has 29 heavy (non-hydrogen) atoms. The highest BCUT2D eigenvalue weighted by molar-refractivity contribution is 6.33. The average molecular weight is 409 g/mol. The lowest BCUT2D eigenvalue weighted by Crippen LogP contribution is -2.16. The van der Waals surface area contributed by atoms with Crippen molar-refractivity contribution in [3.05, 3.63) is 77.8 Å². The summed E-state index contributed by atoms with van der Waals surface area (Å²) in [7, 11) is 0. The van der Waals surface area contributed by atoms with Crippen molar-refractivity contribution >= 4 is 34.8 Å². The molecule has 6 heteroatoms. The Kier molecular flexibility index (Phi) is 6.87. The molecule has 2 amide bonds. The third-order valence-electron chi connectivity index (χ3n) is 4.12. The lowest BCUT2D eigenvalue weighted by molar-refractivity contribution is -0.116. The number of para-hydroxylation sites is 1. The van der Waals surface area contributed by atoms with Crippen molar-refractivity contribution in [1.82, 2.24) is 0 Å². The van der Waals surface area contributed by atoms with Crippen LogP contribution < -0.4 is 15.4 Å². The van der Waals surface area contributed by atoms with Crippen molar-refractivity contribution in [3.63, 3.8) is 0 Å². The van der Waals surface area contributed by atoms with Crippen LogP contribution in [0.3, 0.4) is 0 Å². The average Bonchev–Trinajstić information content (AvgIpc) is 2.71. The number of carbonyl (C=O) groups excluding carboxylic acids is 2. The summed E-state index contributed by atoms with van der Waals surface area (Å²) in [6.45, 7) is 1.64. The van der Waals surface area contributed by atoms with E-state index in [2.05, 4.69) is 10.6 Å². The van der Waals surface area contributed by atoms with E-state index in [0.29, 0.717) is 16.4 Å². The zero-order valence-electron chi connectivity index (χ0n) is 15.9. The van der Waals surface area contributed by atoms with Gasteiger partial charge < -0.3 is 15.4 Å². The van der Waals surface area contributed by atoms with Gasteiger partial charge in [-0.05, 0) is 29.8 Å². The third-order valence-corrected chi connectivity index (χ3v) is 4.45. The van der Waals surface area contributed by atoms with Crippen molar-refractivity contribution in [1.29, 1.82) is 0 Å². The maximum absolute atomic E-state index is 12.3. The summed E-state index contributed by atoms with van der Waals surface area (Å²) >= 11 is 6.14. The number of hydrogen-bond acceptors (Lipinski definition) is 3. The van der Waals surface area contributed by atoms with E-state index in [1.807, 2.05) is 54.6 Å². The van der Waals surface area contributed by atoms with Gasteiger partial charge in [0, 0.05) is 18.2 Å². The largest absolute Gasteiger partial charge is 0.492 e. The summed E-state index contributed by atoms with van der Waals surface area (Å²) in [6.07, 6.45) is 0.157. The van der Waals surface area contributed by atoms with E-state index in [-0.39, 0.29) is 24.8 Å². The summed E-state index contributed by atoms with van der Waals surface area (Å²) in [5.41, 5.74) is 3.02. The zero-order valence-corrected chi connectivity index (χ0v) is 16.7. The Balaban J connectivity index is 1.60. The second-order valence-corrected chi connectivity index (χ2v) is 6.79. The summed E-state index contributed by atoms with van der Waals surface area (Å²) < 4.78 is 5.86. The molecule has 3 rings (SSSR count). The standard InChI is InChI=1S/C23H21ClN2O3/c1-16(27)25-18-11-12-20(24)21(15-18)26-23(28)13-14-29-22-10-6-5-9-19(22)17-7-3-2-4-8-17/h2-12,15H,13-14H2,1H3,(H,25,27)(H,26,28). The van der Waals surface area contributed by atoms with Gasteiger partial charge in [-0.2, -0.15) is 0 Å². The smallest absolute Gasteiger partial charge is 0.227 e. The van der Waals surface area contributed by atoms with Crippen LogP contribution in [0.25, 0.3) is 11.1 Å². The molecular formula is C23H21ClN2O3. The van der Waals surface area contributed by atoms with E-state index < -0.39 is 0 Å². The molecular weight excluding hydrogens is 388 g/mol. The van der Waals surface area contributed by atoms with Gasteiger partial charge in [0.2, 0.25) is 11.8 Å². The Morgan fingerprint density at radius 2 is 1.66 bits per heavy atom. The summed E-state index contributed by atoms with van der Waals surface area (Å²) in [4.78, 5) is 23.5. The minimum absolute atomic E-state index is 0.157. The number of ether oxygens (including phenoxy) is 1. The van der Waals surface area contributed by atoms with Gasteiger partial charge in [-0.15, -0.1) is 0 Å². The van der Waals surface area contributed by atoms with E-state index in [1.54, 1.807) is 18.2 Å². The van der Waals surface area contributed by atoms with Gasteiger partial charge in [0.25, 0.3) is 0 Å². The fourth-order valence-electron chi connectivity index (χ4n) is 2.82. The molecule has 0 bridgehead atoms. The molecule has 2 N–H and O–H groups in total. The molecule has 0 spiro atoms. The first-order chi connectivity index (χ1) is 14.0. The van der Waals surface area contributed by atoms with Gasteiger partial charge >= 0.3 is 0 Å². The van der Waals surface area contributed by atoms with Crippen LogP contribution in [0, 0.1) is 0 Å². The van der Waals surface area contributed by atoms with Crippen molar-refractivity contribution in [2.24, 2.45) is 0 Å². The number of halogens is 1. The lowest BCUT2D eigenvalue weighted by Gasteiger charge is -2.12. The Labute approximate surface area is 174 Å². The summed E-state index contributed by atoms with van der Waals surface area (Å²) in [6, 6.07) is 22.6. The van der Waals surface area contributed by atoms with Crippen LogP contribution >= 0.6 is 11.6 Å². The second-order valence-electron chi connectivity index (χ2n) is 6.38. The number of rotatable bonds is 7. The first-order valence-electron chi connectivity index (χ1n) is 9.17. The van der Waals surface area contributed by atoms with E-state index in [1.165, 1.54) is 6.92 Å². The highest BCUT2D eigenvalue weighted by Gasteiger charge is 2.10. The van der Waals surface area contributed by atoms with Crippen LogP contribution in [0.4, 0.5) is 11.4 Å². The van der Waals surface area contributed by atoms with E-state index in [9.17, 15) is 9.59 Å². The van der Waals surface area contributed by atoms with E-state index in [0.717, 1.165) is 16.9 Å². The normalized spacial score (nSPS) is 10.3. The Morgan fingerprint density at radius 1 is 0.931 bits per heavy atom. The van der Waals surface area contributed by atoms with Crippen LogP contribution in [0.1, 0.15) is 13.3 Å². The molecule has 0 aliphatic heterocycles.